The van der Waals surface area contributed by atoms with Crippen LogP contribution >= 0.6 is 22.9 Å². The Morgan fingerprint density at radius 2 is 2.27 bits per heavy atom. The molecule has 1 aliphatic heterocycles. The van der Waals surface area contributed by atoms with Gasteiger partial charge in [0.15, 0.2) is 5.13 Å². The Labute approximate surface area is 137 Å². The molecule has 1 unspecified atom stereocenters. The molecule has 2 heterocycles. The molecule has 22 heavy (non-hydrogen) atoms. The number of fused-ring (bicyclic) bond motifs is 1. The van der Waals surface area contributed by atoms with Gasteiger partial charge in [0.2, 0.25) is 15.9 Å². The Morgan fingerprint density at radius 3 is 3.00 bits per heavy atom. The Morgan fingerprint density at radius 1 is 1.50 bits per heavy atom. The first-order valence-corrected chi connectivity index (χ1v) is 9.72. The molecule has 6 nitrogen and oxygen atoms in total. The van der Waals surface area contributed by atoms with Crippen LogP contribution in [0.3, 0.4) is 0 Å². The molecule has 0 saturated carbocycles. The van der Waals surface area contributed by atoms with E-state index in [1.165, 1.54) is 15.6 Å². The fourth-order valence-electron chi connectivity index (χ4n) is 2.54. The van der Waals surface area contributed by atoms with E-state index < -0.39 is 16.1 Å². The molecule has 1 aromatic carbocycles. The number of hydrogen-bond donors (Lipinski definition) is 1. The van der Waals surface area contributed by atoms with Crippen LogP contribution in [0.4, 0.5) is 5.13 Å². The number of thiazole rings is 1. The van der Waals surface area contributed by atoms with E-state index in [-0.39, 0.29) is 5.91 Å². The Kier molecular flexibility index (Phi) is 4.11. The summed E-state index contributed by atoms with van der Waals surface area (Å²) < 4.78 is 25.5. The van der Waals surface area contributed by atoms with Gasteiger partial charge < -0.3 is 5.32 Å². The third kappa shape index (κ3) is 3.10. The number of anilines is 1. The molecular weight excluding hydrogens is 346 g/mol. The highest BCUT2D eigenvalue weighted by molar-refractivity contribution is 7.88. The van der Waals surface area contributed by atoms with Crippen molar-refractivity contribution in [1.29, 1.82) is 0 Å². The summed E-state index contributed by atoms with van der Waals surface area (Å²) in [7, 11) is -3.38. The van der Waals surface area contributed by atoms with Crippen LogP contribution in [0.1, 0.15) is 12.8 Å². The van der Waals surface area contributed by atoms with E-state index in [4.69, 9.17) is 11.6 Å². The van der Waals surface area contributed by atoms with Crippen molar-refractivity contribution >= 4 is 54.2 Å². The molecule has 1 atom stereocenters. The fraction of sp³-hybridized carbons (Fsp3) is 0.385. The summed E-state index contributed by atoms with van der Waals surface area (Å²) in [6.45, 7) is 0.381. The topological polar surface area (TPSA) is 79.4 Å². The second-order valence-corrected chi connectivity index (χ2v) is 8.55. The van der Waals surface area contributed by atoms with E-state index in [9.17, 15) is 13.2 Å². The smallest absolute Gasteiger partial charge is 0.244 e. The molecule has 0 aliphatic carbocycles. The summed E-state index contributed by atoms with van der Waals surface area (Å²) in [5.74, 6) is -0.340. The Balaban J connectivity index is 1.80. The third-order valence-corrected chi connectivity index (χ3v) is 5.97. The van der Waals surface area contributed by atoms with Gasteiger partial charge in [0.25, 0.3) is 0 Å². The van der Waals surface area contributed by atoms with Crippen LogP contribution in [0.5, 0.6) is 0 Å². The summed E-state index contributed by atoms with van der Waals surface area (Å²) in [6.07, 6.45) is 2.33. The summed E-state index contributed by atoms with van der Waals surface area (Å²) in [5.41, 5.74) is 0.746. The first-order valence-electron chi connectivity index (χ1n) is 6.68. The maximum atomic E-state index is 12.3. The van der Waals surface area contributed by atoms with Crippen LogP contribution in [0.25, 0.3) is 10.2 Å². The molecule has 0 bridgehead atoms. The maximum absolute atomic E-state index is 12.3. The van der Waals surface area contributed by atoms with Crippen molar-refractivity contribution in [2.45, 2.75) is 18.9 Å². The van der Waals surface area contributed by atoms with Crippen LogP contribution in [0.2, 0.25) is 5.02 Å². The minimum atomic E-state index is -3.38. The number of aromatic nitrogens is 1. The minimum absolute atomic E-state index is 0.340. The van der Waals surface area contributed by atoms with Gasteiger partial charge in [-0.3, -0.25) is 4.79 Å². The number of rotatable bonds is 3. The summed E-state index contributed by atoms with van der Waals surface area (Å²) in [4.78, 5) is 16.7. The molecule has 1 aliphatic rings. The van der Waals surface area contributed by atoms with Crippen molar-refractivity contribution in [3.05, 3.63) is 23.2 Å². The molecule has 3 rings (SSSR count). The molecule has 0 spiro atoms. The molecule has 2 aromatic rings. The second-order valence-electron chi connectivity index (χ2n) is 5.15. The van der Waals surface area contributed by atoms with E-state index in [2.05, 4.69) is 10.3 Å². The van der Waals surface area contributed by atoms with Crippen molar-refractivity contribution in [3.8, 4) is 0 Å². The van der Waals surface area contributed by atoms with Crippen molar-refractivity contribution in [3.63, 3.8) is 0 Å². The molecule has 118 valence electrons. The standard InChI is InChI=1S/C13H14ClN3O3S2/c1-22(19,20)17-6-2-3-10(17)12(18)16-13-15-9-5-4-8(14)7-11(9)21-13/h4-5,7,10H,2-3,6H2,1H3,(H,15,16,18). The monoisotopic (exact) mass is 359 g/mol. The summed E-state index contributed by atoms with van der Waals surface area (Å²) >= 11 is 7.24. The number of halogens is 1. The highest BCUT2D eigenvalue weighted by atomic mass is 35.5. The van der Waals surface area contributed by atoms with Crippen LogP contribution in [-0.4, -0.2) is 42.5 Å². The van der Waals surface area contributed by atoms with Crippen LogP contribution in [0, 0.1) is 0 Å². The Hall–Kier alpha value is -1.22. The number of benzene rings is 1. The van der Waals surface area contributed by atoms with Gasteiger partial charge in [0.05, 0.1) is 16.5 Å². The zero-order valence-electron chi connectivity index (χ0n) is 11.7. The van der Waals surface area contributed by atoms with Crippen molar-refractivity contribution in [2.24, 2.45) is 0 Å². The number of nitrogens with zero attached hydrogens (tertiary/aromatic N) is 2. The summed E-state index contributed by atoms with van der Waals surface area (Å²) in [5, 5.41) is 3.77. The lowest BCUT2D eigenvalue weighted by Crippen LogP contribution is -2.42. The van der Waals surface area contributed by atoms with E-state index in [1.807, 2.05) is 0 Å². The SMILES string of the molecule is CS(=O)(=O)N1CCCC1C(=O)Nc1nc2ccc(Cl)cc2s1. The van der Waals surface area contributed by atoms with Gasteiger partial charge in [-0.15, -0.1) is 0 Å². The highest BCUT2D eigenvalue weighted by Gasteiger charge is 2.36. The number of hydrogen-bond acceptors (Lipinski definition) is 5. The lowest BCUT2D eigenvalue weighted by atomic mass is 10.2. The van der Waals surface area contributed by atoms with Gasteiger partial charge in [0, 0.05) is 11.6 Å². The lowest BCUT2D eigenvalue weighted by molar-refractivity contribution is -0.119. The number of amides is 1. The van der Waals surface area contributed by atoms with Gasteiger partial charge in [-0.25, -0.2) is 13.4 Å². The van der Waals surface area contributed by atoms with E-state index in [0.717, 1.165) is 16.5 Å². The zero-order chi connectivity index (χ0) is 15.9. The van der Waals surface area contributed by atoms with Gasteiger partial charge in [-0.2, -0.15) is 4.31 Å². The average molecular weight is 360 g/mol. The van der Waals surface area contributed by atoms with Gasteiger partial charge in [-0.1, -0.05) is 22.9 Å². The molecule has 1 amide bonds. The molecule has 1 fully saturated rings. The molecule has 9 heteroatoms. The quantitative estimate of drug-likeness (QED) is 0.912. The predicted molar refractivity (Wildman–Crippen MR) is 87.8 cm³/mol. The van der Waals surface area contributed by atoms with Gasteiger partial charge >= 0.3 is 0 Å². The van der Waals surface area contributed by atoms with Crippen molar-refractivity contribution < 1.29 is 13.2 Å². The van der Waals surface area contributed by atoms with E-state index in [0.29, 0.717) is 29.5 Å². The molecule has 1 saturated heterocycles. The fourth-order valence-corrected chi connectivity index (χ4v) is 4.81. The van der Waals surface area contributed by atoms with E-state index in [1.54, 1.807) is 18.2 Å². The average Bonchev–Trinajstić information content (AvgIpc) is 3.02. The predicted octanol–water partition coefficient (Wildman–Crippen LogP) is 2.31. The number of carbonyl (C=O) groups is 1. The third-order valence-electron chi connectivity index (χ3n) is 3.51. The number of nitrogens with one attached hydrogen (secondary N) is 1. The molecule has 1 aromatic heterocycles. The molecule has 1 N–H and O–H groups in total. The van der Waals surface area contributed by atoms with Gasteiger partial charge in [-0.05, 0) is 31.0 Å². The first kappa shape index (κ1) is 15.7. The number of carbonyl (C=O) groups excluding carboxylic acids is 1. The largest absolute Gasteiger partial charge is 0.301 e. The maximum Gasteiger partial charge on any atom is 0.244 e. The van der Waals surface area contributed by atoms with Crippen LogP contribution < -0.4 is 5.32 Å². The first-order chi connectivity index (χ1) is 10.3. The zero-order valence-corrected chi connectivity index (χ0v) is 14.1. The summed E-state index contributed by atoms with van der Waals surface area (Å²) in [6, 6.07) is 4.63. The molecular formula is C13H14ClN3O3S2. The lowest BCUT2D eigenvalue weighted by Gasteiger charge is -2.20. The Bertz CT molecular complexity index is 834. The molecule has 0 radical (unpaired) electrons. The second kappa shape index (κ2) is 5.77. The van der Waals surface area contributed by atoms with Gasteiger partial charge in [0.1, 0.15) is 6.04 Å². The number of sulfonamides is 1. The van der Waals surface area contributed by atoms with Crippen LogP contribution in [-0.2, 0) is 14.8 Å². The van der Waals surface area contributed by atoms with E-state index >= 15 is 0 Å². The van der Waals surface area contributed by atoms with Crippen molar-refractivity contribution in [1.82, 2.24) is 9.29 Å². The normalized spacial score (nSPS) is 19.6. The van der Waals surface area contributed by atoms with Crippen LogP contribution in [0.15, 0.2) is 18.2 Å². The van der Waals surface area contributed by atoms with Crippen molar-refractivity contribution in [2.75, 3.05) is 18.1 Å². The highest BCUT2D eigenvalue weighted by Crippen LogP contribution is 2.29. The minimum Gasteiger partial charge on any atom is -0.301 e.